The summed E-state index contributed by atoms with van der Waals surface area (Å²) in [5.74, 6) is -1.17. The molecule has 0 fully saturated rings. The molecule has 0 spiro atoms. The van der Waals surface area contributed by atoms with Gasteiger partial charge in [0.1, 0.15) is 0 Å². The number of carboxylic acid groups (broad SMARTS) is 1. The Labute approximate surface area is 86.7 Å². The molecule has 0 aliphatic heterocycles. The van der Waals surface area contributed by atoms with E-state index in [0.29, 0.717) is 11.4 Å². The van der Waals surface area contributed by atoms with E-state index in [1.807, 2.05) is 13.0 Å². The van der Waals surface area contributed by atoms with Crippen LogP contribution in [0.2, 0.25) is 0 Å². The van der Waals surface area contributed by atoms with Gasteiger partial charge in [-0.1, -0.05) is 18.3 Å². The zero-order valence-corrected chi connectivity index (χ0v) is 8.39. The van der Waals surface area contributed by atoms with E-state index in [2.05, 4.69) is 17.5 Å². The van der Waals surface area contributed by atoms with Crippen molar-refractivity contribution in [2.24, 2.45) is 0 Å². The van der Waals surface area contributed by atoms with E-state index in [9.17, 15) is 4.79 Å². The molecule has 0 unspecified atom stereocenters. The first kappa shape index (κ1) is 10.5. The average Bonchev–Trinajstić information content (AvgIpc) is 2.11. The number of rotatable bonds is 1. The van der Waals surface area contributed by atoms with Crippen LogP contribution in [0.25, 0.3) is 0 Å². The second kappa shape index (κ2) is 4.06. The van der Waals surface area contributed by atoms with Crippen LogP contribution in [-0.2, 0) is 4.79 Å². The molecule has 0 atom stereocenters. The first-order valence-corrected chi connectivity index (χ1v) is 4.32. The molecule has 0 aliphatic rings. The Morgan fingerprint density at radius 2 is 2.21 bits per heavy atom. The third-order valence-corrected chi connectivity index (χ3v) is 1.93. The molecule has 0 heterocycles. The predicted octanol–water partition coefficient (Wildman–Crippen LogP) is 1.40. The predicted molar refractivity (Wildman–Crippen MR) is 59.4 cm³/mol. The van der Waals surface area contributed by atoms with Crippen LogP contribution in [0.1, 0.15) is 5.56 Å². The molecule has 1 rings (SSSR count). The largest absolute Gasteiger partial charge is 0.476 e. The molecule has 1 aromatic rings. The summed E-state index contributed by atoms with van der Waals surface area (Å²) >= 11 is 4.60. The van der Waals surface area contributed by atoms with Crippen molar-refractivity contribution in [3.63, 3.8) is 0 Å². The first-order chi connectivity index (χ1) is 6.50. The molecule has 1 aromatic carbocycles. The highest BCUT2D eigenvalue weighted by Gasteiger charge is 2.08. The van der Waals surface area contributed by atoms with Gasteiger partial charge in [0.25, 0.3) is 0 Å². The average molecular weight is 210 g/mol. The topological polar surface area (TPSA) is 75.3 Å². The standard InChI is InChI=1S/C9H10N2O2S/c1-5-2-3-6(10)7(4-5)11-8(14)9(12)13/h2-4H,10H2,1H3,(H,11,14)(H,12,13). The van der Waals surface area contributed by atoms with Gasteiger partial charge in [0, 0.05) is 0 Å². The number of nitrogens with two attached hydrogens (primary N) is 1. The van der Waals surface area contributed by atoms with Gasteiger partial charge in [-0.05, 0) is 24.6 Å². The third kappa shape index (κ3) is 2.43. The molecule has 0 aliphatic carbocycles. The molecule has 14 heavy (non-hydrogen) atoms. The minimum absolute atomic E-state index is 0.262. The fraction of sp³-hybridized carbons (Fsp3) is 0.111. The molecule has 0 bridgehead atoms. The molecule has 4 N–H and O–H groups in total. The van der Waals surface area contributed by atoms with E-state index < -0.39 is 5.97 Å². The van der Waals surface area contributed by atoms with Crippen LogP contribution in [-0.4, -0.2) is 16.1 Å². The Morgan fingerprint density at radius 1 is 1.57 bits per heavy atom. The minimum atomic E-state index is -1.17. The Kier molecular flexibility index (Phi) is 3.03. The lowest BCUT2D eigenvalue weighted by atomic mass is 10.2. The van der Waals surface area contributed by atoms with Crippen molar-refractivity contribution in [1.82, 2.24) is 0 Å². The zero-order valence-electron chi connectivity index (χ0n) is 7.57. The van der Waals surface area contributed by atoms with Crippen molar-refractivity contribution in [3.8, 4) is 0 Å². The van der Waals surface area contributed by atoms with Crippen LogP contribution in [0.4, 0.5) is 11.4 Å². The van der Waals surface area contributed by atoms with Gasteiger partial charge in [0.2, 0.25) is 0 Å². The van der Waals surface area contributed by atoms with E-state index in [0.717, 1.165) is 5.56 Å². The highest BCUT2D eigenvalue weighted by molar-refractivity contribution is 7.82. The first-order valence-electron chi connectivity index (χ1n) is 3.91. The maximum atomic E-state index is 10.5. The number of hydrogen-bond donors (Lipinski definition) is 3. The minimum Gasteiger partial charge on any atom is -0.476 e. The number of thiocarbonyl (C=S) groups is 1. The van der Waals surface area contributed by atoms with Crippen molar-refractivity contribution in [2.45, 2.75) is 6.92 Å². The lowest BCUT2D eigenvalue weighted by Gasteiger charge is -2.08. The summed E-state index contributed by atoms with van der Waals surface area (Å²) in [6, 6.07) is 5.27. The van der Waals surface area contributed by atoms with Crippen molar-refractivity contribution >= 4 is 34.6 Å². The summed E-state index contributed by atoms with van der Waals surface area (Å²) in [5.41, 5.74) is 7.60. The summed E-state index contributed by atoms with van der Waals surface area (Å²) in [5, 5.41) is 11.1. The molecule has 74 valence electrons. The Balaban J connectivity index is 2.91. The number of anilines is 2. The van der Waals surface area contributed by atoms with Crippen molar-refractivity contribution < 1.29 is 9.90 Å². The molecule has 4 nitrogen and oxygen atoms in total. The summed E-state index contributed by atoms with van der Waals surface area (Å²) in [4.78, 5) is 10.2. The smallest absolute Gasteiger partial charge is 0.363 e. The van der Waals surface area contributed by atoms with Crippen molar-refractivity contribution in [2.75, 3.05) is 11.1 Å². The number of nitrogen functional groups attached to an aromatic ring is 1. The number of aliphatic carboxylic acids is 1. The van der Waals surface area contributed by atoms with Gasteiger partial charge in [0.15, 0.2) is 4.99 Å². The molecular formula is C9H10N2O2S. The normalized spacial score (nSPS) is 9.50. The monoisotopic (exact) mass is 210 g/mol. The SMILES string of the molecule is Cc1ccc(N)c(NC(=S)C(=O)O)c1. The number of carboxylic acids is 1. The van der Waals surface area contributed by atoms with Crippen LogP contribution in [0.5, 0.6) is 0 Å². The highest BCUT2D eigenvalue weighted by Crippen LogP contribution is 2.19. The highest BCUT2D eigenvalue weighted by atomic mass is 32.1. The molecule has 0 amide bonds. The second-order valence-electron chi connectivity index (χ2n) is 2.85. The van der Waals surface area contributed by atoms with Gasteiger partial charge in [-0.3, -0.25) is 0 Å². The summed E-state index contributed by atoms with van der Waals surface area (Å²) in [7, 11) is 0. The molecule has 5 heteroatoms. The maximum absolute atomic E-state index is 10.5. The fourth-order valence-electron chi connectivity index (χ4n) is 0.954. The van der Waals surface area contributed by atoms with Gasteiger partial charge in [0.05, 0.1) is 11.4 Å². The lowest BCUT2D eigenvalue weighted by molar-refractivity contribution is -0.129. The zero-order chi connectivity index (χ0) is 10.7. The summed E-state index contributed by atoms with van der Waals surface area (Å²) in [6.07, 6.45) is 0. The molecule has 0 radical (unpaired) electrons. The van der Waals surface area contributed by atoms with Crippen LogP contribution >= 0.6 is 12.2 Å². The molecular weight excluding hydrogens is 200 g/mol. The quantitative estimate of drug-likeness (QED) is 0.482. The fourth-order valence-corrected chi connectivity index (χ4v) is 1.06. The number of benzene rings is 1. The van der Waals surface area contributed by atoms with E-state index in [4.69, 9.17) is 10.8 Å². The van der Waals surface area contributed by atoms with E-state index in [1.165, 1.54) is 0 Å². The molecule has 0 saturated heterocycles. The van der Waals surface area contributed by atoms with Crippen molar-refractivity contribution in [1.29, 1.82) is 0 Å². The van der Waals surface area contributed by atoms with Gasteiger partial charge >= 0.3 is 5.97 Å². The molecule has 0 aromatic heterocycles. The van der Waals surface area contributed by atoms with Gasteiger partial charge < -0.3 is 16.2 Å². The van der Waals surface area contributed by atoms with Gasteiger partial charge in [-0.15, -0.1) is 0 Å². The van der Waals surface area contributed by atoms with Gasteiger partial charge in [-0.25, -0.2) is 4.79 Å². The Hall–Kier alpha value is -1.62. The summed E-state index contributed by atoms with van der Waals surface area (Å²) in [6.45, 7) is 1.88. The summed E-state index contributed by atoms with van der Waals surface area (Å²) < 4.78 is 0. The van der Waals surface area contributed by atoms with Crippen molar-refractivity contribution in [3.05, 3.63) is 23.8 Å². The van der Waals surface area contributed by atoms with Gasteiger partial charge in [-0.2, -0.15) is 0 Å². The van der Waals surface area contributed by atoms with E-state index >= 15 is 0 Å². The van der Waals surface area contributed by atoms with Crippen LogP contribution in [0.15, 0.2) is 18.2 Å². The second-order valence-corrected chi connectivity index (χ2v) is 3.26. The van der Waals surface area contributed by atoms with Crippen LogP contribution < -0.4 is 11.1 Å². The number of carbonyl (C=O) groups is 1. The number of aryl methyl sites for hydroxylation is 1. The Bertz CT molecular complexity index is 390. The third-order valence-electron chi connectivity index (χ3n) is 1.65. The number of nitrogens with one attached hydrogen (secondary N) is 1. The van der Waals surface area contributed by atoms with Crippen LogP contribution in [0, 0.1) is 6.92 Å². The molecule has 0 saturated carbocycles. The van der Waals surface area contributed by atoms with E-state index in [1.54, 1.807) is 12.1 Å². The maximum Gasteiger partial charge on any atom is 0.363 e. The van der Waals surface area contributed by atoms with E-state index in [-0.39, 0.29) is 4.99 Å². The van der Waals surface area contributed by atoms with Crippen LogP contribution in [0.3, 0.4) is 0 Å². The Morgan fingerprint density at radius 3 is 2.79 bits per heavy atom. The lowest BCUT2D eigenvalue weighted by Crippen LogP contribution is -2.20. The number of hydrogen-bond acceptors (Lipinski definition) is 3.